The standard InChI is InChI=1S/C30H19N2O6S.2Na/c1-16-15-18(11-14-23(16)39(36,37)38)31-22-13-12-21-25-24(19-9-5-6-10-20(19)29(34)26(22)25)27(30(35)32-21)28(33)17-7-3-2-4-8-17;;/h2-10,12-15,31,33H,1H3,(H,36,37,38);;/q-1;2*+1/p-1/b28-27+;;. The largest absolute Gasteiger partial charge is 1.00 e. The minimum Gasteiger partial charge on any atom is -0.754 e. The number of aromatic nitrogens is 1. The van der Waals surface area contributed by atoms with Gasteiger partial charge in [-0.3, -0.25) is 18.0 Å². The molecule has 192 valence electrons. The monoisotopic (exact) mass is 580 g/mol. The molecular formula is C30H18N2Na2O6S. The van der Waals surface area contributed by atoms with Crippen molar-refractivity contribution in [3.05, 3.63) is 132 Å². The predicted octanol–water partition coefficient (Wildman–Crippen LogP) is -2.53. The van der Waals surface area contributed by atoms with Crippen molar-refractivity contribution in [2.75, 3.05) is 5.32 Å². The van der Waals surface area contributed by atoms with Gasteiger partial charge in [0.1, 0.15) is 5.76 Å². The number of aliphatic hydroxyl groups is 1. The Morgan fingerprint density at radius 2 is 1.59 bits per heavy atom. The Balaban J connectivity index is 0.00000194. The van der Waals surface area contributed by atoms with E-state index in [9.17, 15) is 27.7 Å². The topological polar surface area (TPSA) is 136 Å². The van der Waals surface area contributed by atoms with Crippen LogP contribution in [0.4, 0.5) is 11.4 Å². The summed E-state index contributed by atoms with van der Waals surface area (Å²) >= 11 is 0. The van der Waals surface area contributed by atoms with Gasteiger partial charge in [-0.05, 0) is 17.5 Å². The Kier molecular flexibility index (Phi) is 8.94. The molecule has 0 bridgehead atoms. The Labute approximate surface area is 278 Å². The molecular weight excluding hydrogens is 562 g/mol. The van der Waals surface area contributed by atoms with Crippen LogP contribution in [0.2, 0.25) is 0 Å². The number of hydrogen-bond acceptors (Lipinski definition) is 8. The van der Waals surface area contributed by atoms with Crippen molar-refractivity contribution in [3.8, 4) is 0 Å². The summed E-state index contributed by atoms with van der Waals surface area (Å²) in [6.07, 6.45) is 0. The average molecular weight is 581 g/mol. The summed E-state index contributed by atoms with van der Waals surface area (Å²) in [4.78, 5) is 31.0. The second kappa shape index (κ2) is 11.8. The number of nitrogens with zero attached hydrogens (tertiary/aromatic N) is 1. The number of aryl methyl sites for hydroxylation is 1. The fourth-order valence-electron chi connectivity index (χ4n) is 5.01. The molecule has 0 saturated heterocycles. The molecule has 2 aliphatic rings. The van der Waals surface area contributed by atoms with Crippen molar-refractivity contribution in [2.24, 2.45) is 0 Å². The van der Waals surface area contributed by atoms with Crippen LogP contribution in [-0.4, -0.2) is 23.1 Å². The Morgan fingerprint density at radius 1 is 0.927 bits per heavy atom. The van der Waals surface area contributed by atoms with Gasteiger partial charge in [-0.15, -0.1) is 11.6 Å². The molecule has 0 saturated carbocycles. The van der Waals surface area contributed by atoms with Crippen LogP contribution in [0.5, 0.6) is 0 Å². The third-order valence-electron chi connectivity index (χ3n) is 6.72. The first-order chi connectivity index (χ1) is 18.6. The van der Waals surface area contributed by atoms with Gasteiger partial charge >= 0.3 is 59.1 Å². The first-order valence-electron chi connectivity index (χ1n) is 11.8. The van der Waals surface area contributed by atoms with Crippen molar-refractivity contribution < 1.29 is 77.2 Å². The summed E-state index contributed by atoms with van der Waals surface area (Å²) in [7, 11) is -4.67. The summed E-state index contributed by atoms with van der Waals surface area (Å²) in [5, 5.41) is 16.2. The van der Waals surface area contributed by atoms with Crippen LogP contribution < -0.4 is 80.6 Å². The number of rotatable bonds is 4. The van der Waals surface area contributed by atoms with Crippen LogP contribution >= 0.6 is 0 Å². The van der Waals surface area contributed by atoms with E-state index in [1.807, 2.05) is 0 Å². The maximum Gasteiger partial charge on any atom is 1.00 e. The van der Waals surface area contributed by atoms with Crippen molar-refractivity contribution in [1.82, 2.24) is 4.98 Å². The van der Waals surface area contributed by atoms with Gasteiger partial charge in [0.25, 0.3) is 5.56 Å². The maximum atomic E-state index is 13.8. The van der Waals surface area contributed by atoms with E-state index >= 15 is 0 Å². The third-order valence-corrected chi connectivity index (χ3v) is 7.70. The molecule has 0 unspecified atom stereocenters. The molecule has 0 atom stereocenters. The Morgan fingerprint density at radius 3 is 2.24 bits per heavy atom. The van der Waals surface area contributed by atoms with Crippen molar-refractivity contribution in [1.29, 1.82) is 0 Å². The van der Waals surface area contributed by atoms with Crippen LogP contribution in [0.1, 0.15) is 11.1 Å². The van der Waals surface area contributed by atoms with E-state index in [4.69, 9.17) is 0 Å². The van der Waals surface area contributed by atoms with Crippen molar-refractivity contribution in [2.45, 2.75) is 11.8 Å². The normalized spacial score (nSPS) is 12.1. The molecule has 4 aromatic rings. The average Bonchev–Trinajstić information content (AvgIpc) is 2.91. The minimum atomic E-state index is -4.67. The molecule has 1 heterocycles. The van der Waals surface area contributed by atoms with Crippen LogP contribution in [-0.2, 0) is 10.1 Å². The van der Waals surface area contributed by atoms with Gasteiger partial charge in [0, 0.05) is 27.1 Å². The molecule has 0 radical (unpaired) electrons. The molecule has 0 amide bonds. The Hall–Kier alpha value is -2.86. The number of fused-ring (bicyclic) bond motifs is 2. The van der Waals surface area contributed by atoms with Gasteiger partial charge in [-0.2, -0.15) is 12.1 Å². The summed E-state index contributed by atoms with van der Waals surface area (Å²) in [6, 6.07) is 23.9. The fourth-order valence-corrected chi connectivity index (χ4v) is 5.67. The second-order valence-corrected chi connectivity index (χ2v) is 10.5. The molecule has 0 spiro atoms. The Bertz CT molecular complexity index is 2300. The van der Waals surface area contributed by atoms with Gasteiger partial charge in [0.15, 0.2) is 5.43 Å². The zero-order valence-corrected chi connectivity index (χ0v) is 27.2. The van der Waals surface area contributed by atoms with E-state index in [0.29, 0.717) is 38.1 Å². The number of nitrogens with one attached hydrogen (secondary N) is 1. The molecule has 6 rings (SSSR count). The first kappa shape index (κ1) is 31.1. The summed E-state index contributed by atoms with van der Waals surface area (Å²) in [5.74, 6) is -0.253. The van der Waals surface area contributed by atoms with E-state index in [1.165, 1.54) is 13.0 Å². The van der Waals surface area contributed by atoms with Crippen molar-refractivity contribution in [3.63, 3.8) is 0 Å². The molecule has 8 nitrogen and oxygen atoms in total. The number of hydrogen-bond donors (Lipinski definition) is 2. The molecule has 4 aromatic carbocycles. The summed E-state index contributed by atoms with van der Waals surface area (Å²) < 4.78 is 34.5. The molecule has 41 heavy (non-hydrogen) atoms. The molecule has 1 aliphatic heterocycles. The van der Waals surface area contributed by atoms with Crippen LogP contribution in [0.25, 0.3) is 27.4 Å². The van der Waals surface area contributed by atoms with Gasteiger partial charge in [-0.25, -0.2) is 4.98 Å². The zero-order valence-electron chi connectivity index (χ0n) is 22.3. The first-order valence-corrected chi connectivity index (χ1v) is 13.2. The van der Waals surface area contributed by atoms with E-state index in [1.54, 1.807) is 66.7 Å². The van der Waals surface area contributed by atoms with E-state index in [2.05, 4.69) is 16.4 Å². The van der Waals surface area contributed by atoms with Crippen LogP contribution in [0, 0.1) is 23.4 Å². The van der Waals surface area contributed by atoms with Gasteiger partial charge in [0.2, 0.25) is 0 Å². The predicted molar refractivity (Wildman–Crippen MR) is 146 cm³/mol. The van der Waals surface area contributed by atoms with E-state index < -0.39 is 15.7 Å². The summed E-state index contributed by atoms with van der Waals surface area (Å²) in [6.45, 7) is 1.49. The zero-order chi connectivity index (χ0) is 27.5. The minimum absolute atomic E-state index is 0. The van der Waals surface area contributed by atoms with Gasteiger partial charge in [0.05, 0.1) is 26.2 Å². The number of benzene rings is 4. The summed E-state index contributed by atoms with van der Waals surface area (Å²) in [5.41, 5.74) is 0.686. The van der Waals surface area contributed by atoms with Crippen LogP contribution in [0.3, 0.4) is 0 Å². The van der Waals surface area contributed by atoms with E-state index in [-0.39, 0.29) is 96.9 Å². The molecule has 2 N–H and O–H groups in total. The van der Waals surface area contributed by atoms with Crippen LogP contribution in [0.15, 0.2) is 93.3 Å². The maximum absolute atomic E-state index is 13.8. The van der Waals surface area contributed by atoms with Crippen molar-refractivity contribution >= 4 is 48.9 Å². The van der Waals surface area contributed by atoms with E-state index in [0.717, 1.165) is 6.07 Å². The number of anilines is 2. The van der Waals surface area contributed by atoms with Gasteiger partial charge in [-0.1, -0.05) is 72.1 Å². The smallest absolute Gasteiger partial charge is 0.754 e. The number of aliphatic hydroxyl groups excluding tert-OH is 1. The fraction of sp³-hybridized carbons (Fsp3) is 0.0333. The molecule has 11 heteroatoms. The SMILES string of the molecule is Cc1cc(Nc2ccc3nc(=O)/c(=C(/O)c4ccccc4)c4c5ccccc5c(=O)c2c3=4)[c-]cc1S(=O)(=O)[O-].[Na+].[Na+]. The third kappa shape index (κ3) is 5.40. The molecule has 1 aliphatic carbocycles. The molecule has 0 aromatic heterocycles. The molecule has 0 fully saturated rings. The quantitative estimate of drug-likeness (QED) is 0.132. The van der Waals surface area contributed by atoms with Gasteiger partial charge < -0.3 is 15.0 Å². The second-order valence-electron chi connectivity index (χ2n) is 9.11.